The molecule has 7 nitrogen and oxygen atoms in total. The Labute approximate surface area is 191 Å². The van der Waals surface area contributed by atoms with E-state index in [0.717, 1.165) is 37.2 Å². The number of benzene rings is 2. The number of nitrogens with one attached hydrogen (secondary N) is 2. The Morgan fingerprint density at radius 3 is 2.31 bits per heavy atom. The molecule has 0 bridgehead atoms. The van der Waals surface area contributed by atoms with Crippen LogP contribution in [-0.4, -0.2) is 44.6 Å². The van der Waals surface area contributed by atoms with E-state index in [1.165, 1.54) is 0 Å². The normalized spacial score (nSPS) is 17.0. The fourth-order valence-electron chi connectivity index (χ4n) is 3.57. The van der Waals surface area contributed by atoms with Crippen LogP contribution >= 0.6 is 0 Å². The van der Waals surface area contributed by atoms with E-state index in [4.69, 9.17) is 4.74 Å². The summed E-state index contributed by atoms with van der Waals surface area (Å²) in [5.41, 5.74) is 1.92. The Balaban J connectivity index is 1.52. The molecule has 1 atom stereocenters. The zero-order valence-corrected chi connectivity index (χ0v) is 20.0. The highest BCUT2D eigenvalue weighted by Crippen LogP contribution is 2.22. The predicted molar refractivity (Wildman–Crippen MR) is 127 cm³/mol. The number of likely N-dealkylation sites (tertiary alicyclic amines) is 1. The largest absolute Gasteiger partial charge is 0.444 e. The quantitative estimate of drug-likeness (QED) is 0.644. The van der Waals surface area contributed by atoms with Crippen LogP contribution in [0.15, 0.2) is 53.4 Å². The fourth-order valence-corrected chi connectivity index (χ4v) is 4.63. The van der Waals surface area contributed by atoms with E-state index in [-0.39, 0.29) is 11.0 Å². The molecule has 8 heteroatoms. The molecule has 0 aromatic heterocycles. The van der Waals surface area contributed by atoms with Gasteiger partial charge in [0, 0.05) is 31.0 Å². The summed E-state index contributed by atoms with van der Waals surface area (Å²) < 4.78 is 33.2. The standard InChI is InChI=1S/C24H33N3O4S/c1-18-7-13-22(14-8-18)32(29,30)26-21-11-9-20(10-12-21)25-16-19-6-5-15-27(17-19)23(28)31-24(2,3)4/h7-14,19,25-26H,5-6,15-17H2,1-4H3. The second-order valence-corrected chi connectivity index (χ2v) is 11.0. The van der Waals surface area contributed by atoms with Crippen molar-refractivity contribution in [1.29, 1.82) is 0 Å². The van der Waals surface area contributed by atoms with Crippen LogP contribution in [0.25, 0.3) is 0 Å². The van der Waals surface area contributed by atoms with Gasteiger partial charge in [0.25, 0.3) is 10.0 Å². The Morgan fingerprint density at radius 1 is 1.06 bits per heavy atom. The number of rotatable bonds is 6. The molecule has 1 heterocycles. The molecule has 0 saturated carbocycles. The van der Waals surface area contributed by atoms with Crippen molar-refractivity contribution in [1.82, 2.24) is 4.90 Å². The number of nitrogens with zero attached hydrogens (tertiary/aromatic N) is 1. The first kappa shape index (κ1) is 23.9. The van der Waals surface area contributed by atoms with Gasteiger partial charge < -0.3 is 15.0 Å². The van der Waals surface area contributed by atoms with Gasteiger partial charge in [-0.25, -0.2) is 13.2 Å². The number of carbonyl (C=O) groups is 1. The fraction of sp³-hybridized carbons (Fsp3) is 0.458. The molecule has 2 aromatic rings. The van der Waals surface area contributed by atoms with Crippen LogP contribution in [0.2, 0.25) is 0 Å². The van der Waals surface area contributed by atoms with Crippen LogP contribution < -0.4 is 10.0 Å². The molecule has 32 heavy (non-hydrogen) atoms. The molecule has 2 aromatic carbocycles. The minimum Gasteiger partial charge on any atom is -0.444 e. The highest BCUT2D eigenvalue weighted by molar-refractivity contribution is 7.92. The molecule has 0 aliphatic carbocycles. The lowest BCUT2D eigenvalue weighted by Crippen LogP contribution is -2.44. The maximum atomic E-state index is 12.5. The van der Waals surface area contributed by atoms with E-state index in [1.54, 1.807) is 41.3 Å². The molecule has 0 spiro atoms. The van der Waals surface area contributed by atoms with Gasteiger partial charge in [-0.15, -0.1) is 0 Å². The maximum absolute atomic E-state index is 12.5. The second kappa shape index (κ2) is 9.81. The lowest BCUT2D eigenvalue weighted by atomic mass is 9.98. The van der Waals surface area contributed by atoms with Crippen LogP contribution in [-0.2, 0) is 14.8 Å². The maximum Gasteiger partial charge on any atom is 0.410 e. The van der Waals surface area contributed by atoms with Gasteiger partial charge in [0.15, 0.2) is 0 Å². The van der Waals surface area contributed by atoms with Crippen LogP contribution in [0.1, 0.15) is 39.2 Å². The lowest BCUT2D eigenvalue weighted by Gasteiger charge is -2.34. The average Bonchev–Trinajstić information content (AvgIpc) is 2.72. The number of piperidine rings is 1. The average molecular weight is 460 g/mol. The summed E-state index contributed by atoms with van der Waals surface area (Å²) >= 11 is 0. The molecule has 1 fully saturated rings. The SMILES string of the molecule is Cc1ccc(S(=O)(=O)Nc2ccc(NCC3CCCN(C(=O)OC(C)(C)C)C3)cc2)cc1. The van der Waals surface area contributed by atoms with Gasteiger partial charge in [-0.1, -0.05) is 17.7 Å². The third-order valence-electron chi connectivity index (χ3n) is 5.23. The molecule has 1 aliphatic rings. The number of anilines is 2. The Bertz CT molecular complexity index is 1010. The van der Waals surface area contributed by atoms with Crippen LogP contribution in [0, 0.1) is 12.8 Å². The highest BCUT2D eigenvalue weighted by Gasteiger charge is 2.27. The van der Waals surface area contributed by atoms with Crippen molar-refractivity contribution in [2.75, 3.05) is 29.7 Å². The highest BCUT2D eigenvalue weighted by atomic mass is 32.2. The van der Waals surface area contributed by atoms with E-state index in [0.29, 0.717) is 18.2 Å². The third kappa shape index (κ3) is 6.88. The van der Waals surface area contributed by atoms with Gasteiger partial charge >= 0.3 is 6.09 Å². The number of amides is 1. The summed E-state index contributed by atoms with van der Waals surface area (Å²) in [4.78, 5) is 14.3. The summed E-state index contributed by atoms with van der Waals surface area (Å²) in [6.07, 6.45) is 1.74. The molecule has 1 saturated heterocycles. The van der Waals surface area contributed by atoms with Gasteiger partial charge in [-0.2, -0.15) is 0 Å². The van der Waals surface area contributed by atoms with Gasteiger partial charge in [0.2, 0.25) is 0 Å². The van der Waals surface area contributed by atoms with E-state index >= 15 is 0 Å². The van der Waals surface area contributed by atoms with Gasteiger partial charge in [-0.05, 0) is 82.9 Å². The molecular formula is C24H33N3O4S. The first-order chi connectivity index (χ1) is 15.0. The number of hydrogen-bond donors (Lipinski definition) is 2. The van der Waals surface area contributed by atoms with Crippen LogP contribution in [0.3, 0.4) is 0 Å². The number of ether oxygens (including phenoxy) is 1. The van der Waals surface area contributed by atoms with Crippen molar-refractivity contribution in [3.8, 4) is 0 Å². The number of carbonyl (C=O) groups excluding carboxylic acids is 1. The Hall–Kier alpha value is -2.74. The van der Waals surface area contributed by atoms with Crippen molar-refractivity contribution in [2.45, 2.75) is 51.0 Å². The summed E-state index contributed by atoms with van der Waals surface area (Å²) in [5.74, 6) is 0.330. The van der Waals surface area contributed by atoms with Crippen molar-refractivity contribution in [3.63, 3.8) is 0 Å². The predicted octanol–water partition coefficient (Wildman–Crippen LogP) is 4.85. The first-order valence-electron chi connectivity index (χ1n) is 10.9. The van der Waals surface area contributed by atoms with E-state index in [2.05, 4.69) is 10.0 Å². The van der Waals surface area contributed by atoms with E-state index in [1.807, 2.05) is 39.8 Å². The number of sulfonamides is 1. The van der Waals surface area contributed by atoms with Gasteiger partial charge in [0.05, 0.1) is 4.90 Å². The molecule has 1 unspecified atom stereocenters. The summed E-state index contributed by atoms with van der Waals surface area (Å²) in [5, 5.41) is 3.39. The van der Waals surface area contributed by atoms with Crippen LogP contribution in [0.4, 0.5) is 16.2 Å². The van der Waals surface area contributed by atoms with Crippen LogP contribution in [0.5, 0.6) is 0 Å². The summed E-state index contributed by atoms with van der Waals surface area (Å²) in [7, 11) is -3.62. The molecule has 1 amide bonds. The van der Waals surface area contributed by atoms with Crippen molar-refractivity contribution < 1.29 is 17.9 Å². The Kier molecular flexibility index (Phi) is 7.33. The third-order valence-corrected chi connectivity index (χ3v) is 6.63. The summed E-state index contributed by atoms with van der Waals surface area (Å²) in [6, 6.07) is 13.9. The van der Waals surface area contributed by atoms with Crippen molar-refractivity contribution in [2.24, 2.45) is 5.92 Å². The molecule has 174 valence electrons. The second-order valence-electron chi connectivity index (χ2n) is 9.31. The zero-order valence-electron chi connectivity index (χ0n) is 19.2. The zero-order chi connectivity index (χ0) is 23.4. The smallest absolute Gasteiger partial charge is 0.410 e. The topological polar surface area (TPSA) is 87.7 Å². The molecule has 0 radical (unpaired) electrons. The minimum absolute atomic E-state index is 0.233. The monoisotopic (exact) mass is 459 g/mol. The van der Waals surface area contributed by atoms with Gasteiger partial charge in [0.1, 0.15) is 5.60 Å². The first-order valence-corrected chi connectivity index (χ1v) is 12.4. The van der Waals surface area contributed by atoms with Crippen molar-refractivity contribution in [3.05, 3.63) is 54.1 Å². The Morgan fingerprint density at radius 2 is 1.69 bits per heavy atom. The van der Waals surface area contributed by atoms with Crippen molar-refractivity contribution >= 4 is 27.5 Å². The molecule has 3 rings (SSSR count). The molecule has 1 aliphatic heterocycles. The van der Waals surface area contributed by atoms with E-state index in [9.17, 15) is 13.2 Å². The van der Waals surface area contributed by atoms with Gasteiger partial charge in [-0.3, -0.25) is 4.72 Å². The number of aryl methyl sites for hydroxylation is 1. The lowest BCUT2D eigenvalue weighted by molar-refractivity contribution is 0.0172. The molecular weight excluding hydrogens is 426 g/mol. The number of hydrogen-bond acceptors (Lipinski definition) is 5. The van der Waals surface area contributed by atoms with E-state index < -0.39 is 15.6 Å². The summed E-state index contributed by atoms with van der Waals surface area (Å²) in [6.45, 7) is 9.65. The minimum atomic E-state index is -3.62. The molecule has 2 N–H and O–H groups in total.